The lowest BCUT2D eigenvalue weighted by molar-refractivity contribution is -0.174. The fraction of sp³-hybridized carbons (Fsp3) is 0.833. The topological polar surface area (TPSA) is 34.0 Å². The highest BCUT2D eigenvalue weighted by Gasteiger charge is 2.37. The molecule has 1 aromatic heterocycles. The first-order valence-electron chi connectivity index (χ1n) is 6.51. The standard InChI is InChI=1S/C12H19F3N4/c1-9(12(13,14)15)7-19-5-3-10(4-6-19)11-17-16-8-18(11)2/h8-10H,3-7H2,1-2H3. The number of aryl methyl sites for hydroxylation is 1. The highest BCUT2D eigenvalue weighted by molar-refractivity contribution is 4.98. The van der Waals surface area contributed by atoms with E-state index in [-0.39, 0.29) is 6.54 Å². The lowest BCUT2D eigenvalue weighted by Gasteiger charge is -2.33. The molecule has 2 heterocycles. The van der Waals surface area contributed by atoms with Gasteiger partial charge in [0.2, 0.25) is 0 Å². The van der Waals surface area contributed by atoms with E-state index in [1.807, 2.05) is 16.5 Å². The van der Waals surface area contributed by atoms with Crippen LogP contribution in [0.3, 0.4) is 0 Å². The molecule has 0 aromatic carbocycles. The molecule has 1 saturated heterocycles. The summed E-state index contributed by atoms with van der Waals surface area (Å²) in [7, 11) is 1.90. The van der Waals surface area contributed by atoms with Gasteiger partial charge in [0.15, 0.2) is 0 Å². The molecule has 108 valence electrons. The number of nitrogens with zero attached hydrogens (tertiary/aromatic N) is 4. The molecule has 7 heteroatoms. The van der Waals surface area contributed by atoms with Crippen molar-refractivity contribution in [3.05, 3.63) is 12.2 Å². The van der Waals surface area contributed by atoms with Crippen molar-refractivity contribution >= 4 is 0 Å². The van der Waals surface area contributed by atoms with E-state index in [9.17, 15) is 13.2 Å². The Morgan fingerprint density at radius 2 is 2.00 bits per heavy atom. The summed E-state index contributed by atoms with van der Waals surface area (Å²) in [6, 6.07) is 0. The minimum atomic E-state index is -4.10. The van der Waals surface area contributed by atoms with E-state index in [2.05, 4.69) is 10.2 Å². The van der Waals surface area contributed by atoms with E-state index >= 15 is 0 Å². The second kappa shape index (κ2) is 5.48. The largest absolute Gasteiger partial charge is 0.392 e. The number of rotatable bonds is 3. The average Bonchev–Trinajstić information content (AvgIpc) is 2.75. The predicted molar refractivity (Wildman–Crippen MR) is 64.6 cm³/mol. The molecule has 19 heavy (non-hydrogen) atoms. The zero-order chi connectivity index (χ0) is 14.0. The Labute approximate surface area is 110 Å². The van der Waals surface area contributed by atoms with Gasteiger partial charge in [0.25, 0.3) is 0 Å². The normalized spacial score (nSPS) is 20.7. The quantitative estimate of drug-likeness (QED) is 0.848. The maximum atomic E-state index is 12.5. The SMILES string of the molecule is CC(CN1CCC(c2nncn2C)CC1)C(F)(F)F. The summed E-state index contributed by atoms with van der Waals surface area (Å²) in [5.41, 5.74) is 0. The third-order valence-corrected chi connectivity index (χ3v) is 3.79. The molecule has 0 N–H and O–H groups in total. The Bertz CT molecular complexity index is 407. The first kappa shape index (κ1) is 14.3. The summed E-state index contributed by atoms with van der Waals surface area (Å²) < 4.78 is 39.4. The smallest absolute Gasteiger partial charge is 0.320 e. The maximum absolute atomic E-state index is 12.5. The minimum absolute atomic E-state index is 0.0923. The van der Waals surface area contributed by atoms with Gasteiger partial charge in [-0.05, 0) is 25.9 Å². The van der Waals surface area contributed by atoms with Gasteiger partial charge < -0.3 is 9.47 Å². The van der Waals surface area contributed by atoms with Crippen LogP contribution in [0, 0.1) is 5.92 Å². The summed E-state index contributed by atoms with van der Waals surface area (Å²) >= 11 is 0. The number of aromatic nitrogens is 3. The van der Waals surface area contributed by atoms with Crippen molar-refractivity contribution in [1.82, 2.24) is 19.7 Å². The molecule has 0 spiro atoms. The minimum Gasteiger partial charge on any atom is -0.320 e. The van der Waals surface area contributed by atoms with Gasteiger partial charge in [0, 0.05) is 19.5 Å². The van der Waals surface area contributed by atoms with Crippen LogP contribution in [0.5, 0.6) is 0 Å². The maximum Gasteiger partial charge on any atom is 0.392 e. The highest BCUT2D eigenvalue weighted by atomic mass is 19.4. The predicted octanol–water partition coefficient (Wildman–Crippen LogP) is 2.19. The van der Waals surface area contributed by atoms with E-state index in [0.717, 1.165) is 18.7 Å². The summed E-state index contributed by atoms with van der Waals surface area (Å²) in [5, 5.41) is 7.93. The Morgan fingerprint density at radius 3 is 2.47 bits per heavy atom. The molecule has 4 nitrogen and oxygen atoms in total. The monoisotopic (exact) mass is 276 g/mol. The third-order valence-electron chi connectivity index (χ3n) is 3.79. The number of likely N-dealkylation sites (tertiary alicyclic amines) is 1. The third kappa shape index (κ3) is 3.46. The number of hydrogen-bond acceptors (Lipinski definition) is 3. The van der Waals surface area contributed by atoms with Crippen molar-refractivity contribution in [3.8, 4) is 0 Å². The number of piperidine rings is 1. The lowest BCUT2D eigenvalue weighted by Crippen LogP contribution is -2.40. The molecule has 0 saturated carbocycles. The summed E-state index contributed by atoms with van der Waals surface area (Å²) in [5.74, 6) is -0.0210. The van der Waals surface area contributed by atoms with Crippen LogP contribution in [-0.4, -0.2) is 45.5 Å². The van der Waals surface area contributed by atoms with Crippen LogP contribution in [-0.2, 0) is 7.05 Å². The highest BCUT2D eigenvalue weighted by Crippen LogP contribution is 2.30. The van der Waals surface area contributed by atoms with Crippen molar-refractivity contribution in [1.29, 1.82) is 0 Å². The van der Waals surface area contributed by atoms with Crippen LogP contribution in [0.25, 0.3) is 0 Å². The fourth-order valence-corrected chi connectivity index (χ4v) is 2.53. The van der Waals surface area contributed by atoms with Gasteiger partial charge in [0.1, 0.15) is 12.2 Å². The molecule has 2 rings (SSSR count). The Hall–Kier alpha value is -1.11. The van der Waals surface area contributed by atoms with Gasteiger partial charge in [0.05, 0.1) is 5.92 Å². The van der Waals surface area contributed by atoms with Crippen LogP contribution >= 0.6 is 0 Å². The molecule has 1 aromatic rings. The van der Waals surface area contributed by atoms with Crippen LogP contribution in [0.1, 0.15) is 31.5 Å². The van der Waals surface area contributed by atoms with Gasteiger partial charge in [-0.15, -0.1) is 10.2 Å². The van der Waals surface area contributed by atoms with Crippen molar-refractivity contribution in [2.24, 2.45) is 13.0 Å². The molecule has 0 bridgehead atoms. The van der Waals surface area contributed by atoms with Crippen LogP contribution in [0.15, 0.2) is 6.33 Å². The molecular weight excluding hydrogens is 257 g/mol. The molecular formula is C12H19F3N4. The van der Waals surface area contributed by atoms with E-state index in [0.29, 0.717) is 19.0 Å². The first-order valence-corrected chi connectivity index (χ1v) is 6.51. The second-order valence-electron chi connectivity index (χ2n) is 5.32. The van der Waals surface area contributed by atoms with Gasteiger partial charge in [-0.1, -0.05) is 6.92 Å². The Kier molecular flexibility index (Phi) is 4.13. The van der Waals surface area contributed by atoms with Gasteiger partial charge >= 0.3 is 6.18 Å². The molecule has 1 fully saturated rings. The molecule has 1 aliphatic heterocycles. The Balaban J connectivity index is 1.85. The molecule has 1 aliphatic rings. The van der Waals surface area contributed by atoms with E-state index in [4.69, 9.17) is 0 Å². The summed E-state index contributed by atoms with van der Waals surface area (Å²) in [6.07, 6.45) is -0.748. The van der Waals surface area contributed by atoms with Crippen LogP contribution in [0.4, 0.5) is 13.2 Å². The van der Waals surface area contributed by atoms with E-state index in [1.165, 1.54) is 6.92 Å². The van der Waals surface area contributed by atoms with Crippen molar-refractivity contribution in [2.45, 2.75) is 31.9 Å². The summed E-state index contributed by atoms with van der Waals surface area (Å²) in [4.78, 5) is 1.89. The first-order chi connectivity index (χ1) is 8.88. The molecule has 1 atom stereocenters. The van der Waals surface area contributed by atoms with E-state index < -0.39 is 12.1 Å². The number of halogens is 3. The van der Waals surface area contributed by atoms with E-state index in [1.54, 1.807) is 6.33 Å². The zero-order valence-corrected chi connectivity index (χ0v) is 11.2. The lowest BCUT2D eigenvalue weighted by atomic mass is 9.95. The zero-order valence-electron chi connectivity index (χ0n) is 11.2. The second-order valence-corrected chi connectivity index (χ2v) is 5.32. The molecule has 0 amide bonds. The summed E-state index contributed by atoms with van der Waals surface area (Å²) in [6.45, 7) is 2.72. The van der Waals surface area contributed by atoms with Crippen molar-refractivity contribution in [3.63, 3.8) is 0 Å². The Morgan fingerprint density at radius 1 is 1.37 bits per heavy atom. The molecule has 0 radical (unpaired) electrons. The number of hydrogen-bond donors (Lipinski definition) is 0. The van der Waals surface area contributed by atoms with Gasteiger partial charge in [-0.3, -0.25) is 0 Å². The molecule has 1 unspecified atom stereocenters. The van der Waals surface area contributed by atoms with Crippen molar-refractivity contribution < 1.29 is 13.2 Å². The number of alkyl halides is 3. The fourth-order valence-electron chi connectivity index (χ4n) is 2.53. The average molecular weight is 276 g/mol. The van der Waals surface area contributed by atoms with Crippen LogP contribution < -0.4 is 0 Å². The van der Waals surface area contributed by atoms with Gasteiger partial charge in [-0.2, -0.15) is 13.2 Å². The van der Waals surface area contributed by atoms with Crippen LogP contribution in [0.2, 0.25) is 0 Å². The van der Waals surface area contributed by atoms with Crippen molar-refractivity contribution in [2.75, 3.05) is 19.6 Å². The molecule has 0 aliphatic carbocycles. The van der Waals surface area contributed by atoms with Gasteiger partial charge in [-0.25, -0.2) is 0 Å².